The third kappa shape index (κ3) is 4.75. The highest BCUT2D eigenvalue weighted by Crippen LogP contribution is 2.24. The lowest BCUT2D eigenvalue weighted by atomic mass is 9.86. The first-order chi connectivity index (χ1) is 12.2. The van der Waals surface area contributed by atoms with Gasteiger partial charge >= 0.3 is 0 Å². The molecule has 0 saturated heterocycles. The van der Waals surface area contributed by atoms with Crippen LogP contribution in [0, 0.1) is 5.92 Å². The van der Waals surface area contributed by atoms with Gasteiger partial charge in [-0.2, -0.15) is 0 Å². The van der Waals surface area contributed by atoms with Crippen LogP contribution in [0.5, 0.6) is 5.75 Å². The van der Waals surface area contributed by atoms with Crippen molar-refractivity contribution in [3.63, 3.8) is 0 Å². The lowest BCUT2D eigenvalue weighted by Crippen LogP contribution is -2.41. The molecule has 1 heterocycles. The van der Waals surface area contributed by atoms with Gasteiger partial charge in [0.2, 0.25) is 11.1 Å². The van der Waals surface area contributed by atoms with Crippen LogP contribution in [-0.2, 0) is 4.79 Å². The SMILES string of the molecule is COc1ccc(-c2nc(SCC(=O)N[C@H]3CCCC[C@H]3C)n[nH]2)cc1. The number of hydrogen-bond acceptors (Lipinski definition) is 5. The molecule has 1 aromatic carbocycles. The maximum absolute atomic E-state index is 12.2. The van der Waals surface area contributed by atoms with Crippen molar-refractivity contribution in [2.24, 2.45) is 5.92 Å². The van der Waals surface area contributed by atoms with Crippen LogP contribution in [0.25, 0.3) is 11.4 Å². The Labute approximate surface area is 152 Å². The Balaban J connectivity index is 1.51. The van der Waals surface area contributed by atoms with Gasteiger partial charge in [-0.3, -0.25) is 9.89 Å². The molecule has 0 unspecified atom stereocenters. The molecule has 1 aliphatic carbocycles. The third-order valence-corrected chi connectivity index (χ3v) is 5.47. The number of thioether (sulfide) groups is 1. The Morgan fingerprint density at radius 2 is 2.08 bits per heavy atom. The number of hydrogen-bond donors (Lipinski definition) is 2. The molecule has 1 amide bonds. The largest absolute Gasteiger partial charge is 0.497 e. The molecule has 0 spiro atoms. The molecule has 2 aromatic rings. The van der Waals surface area contributed by atoms with Gasteiger partial charge in [0.05, 0.1) is 12.9 Å². The summed E-state index contributed by atoms with van der Waals surface area (Å²) < 4.78 is 5.15. The van der Waals surface area contributed by atoms with Gasteiger partial charge in [-0.15, -0.1) is 5.10 Å². The van der Waals surface area contributed by atoms with E-state index in [0.29, 0.717) is 28.7 Å². The molecule has 0 aliphatic heterocycles. The first kappa shape index (κ1) is 17.8. The zero-order valence-electron chi connectivity index (χ0n) is 14.6. The second-order valence-electron chi connectivity index (χ2n) is 6.42. The second kappa shape index (κ2) is 8.38. The van der Waals surface area contributed by atoms with Gasteiger partial charge in [-0.1, -0.05) is 31.5 Å². The smallest absolute Gasteiger partial charge is 0.230 e. The summed E-state index contributed by atoms with van der Waals surface area (Å²) in [5.41, 5.74) is 0.931. The number of nitrogens with one attached hydrogen (secondary N) is 2. The van der Waals surface area contributed by atoms with Crippen molar-refractivity contribution < 1.29 is 9.53 Å². The molecule has 3 rings (SSSR count). The number of carbonyl (C=O) groups is 1. The molecule has 1 aliphatic rings. The van der Waals surface area contributed by atoms with E-state index in [1.807, 2.05) is 24.3 Å². The number of benzene rings is 1. The van der Waals surface area contributed by atoms with Crippen molar-refractivity contribution in [3.8, 4) is 17.1 Å². The molecule has 0 radical (unpaired) electrons. The highest BCUT2D eigenvalue weighted by Gasteiger charge is 2.22. The Kier molecular flexibility index (Phi) is 5.96. The topological polar surface area (TPSA) is 79.9 Å². The van der Waals surface area contributed by atoms with Gasteiger partial charge in [0.15, 0.2) is 5.82 Å². The number of H-pyrrole nitrogens is 1. The van der Waals surface area contributed by atoms with Gasteiger partial charge in [0.25, 0.3) is 0 Å². The van der Waals surface area contributed by atoms with Crippen molar-refractivity contribution in [1.82, 2.24) is 20.5 Å². The molecule has 6 nitrogen and oxygen atoms in total. The van der Waals surface area contributed by atoms with Gasteiger partial charge in [0.1, 0.15) is 5.75 Å². The van der Waals surface area contributed by atoms with Crippen LogP contribution < -0.4 is 10.1 Å². The number of aromatic amines is 1. The minimum Gasteiger partial charge on any atom is -0.497 e. The molecule has 7 heteroatoms. The van der Waals surface area contributed by atoms with Crippen molar-refractivity contribution in [2.75, 3.05) is 12.9 Å². The van der Waals surface area contributed by atoms with Gasteiger partial charge in [-0.25, -0.2) is 4.98 Å². The average Bonchev–Trinajstić information content (AvgIpc) is 3.11. The molecular weight excluding hydrogens is 336 g/mol. The average molecular weight is 360 g/mol. The zero-order valence-corrected chi connectivity index (χ0v) is 15.4. The number of rotatable bonds is 6. The van der Waals surface area contributed by atoms with E-state index < -0.39 is 0 Å². The van der Waals surface area contributed by atoms with Crippen LogP contribution in [0.1, 0.15) is 32.6 Å². The van der Waals surface area contributed by atoms with Gasteiger partial charge in [0, 0.05) is 11.6 Å². The summed E-state index contributed by atoms with van der Waals surface area (Å²) in [6.07, 6.45) is 4.76. The number of nitrogens with zero attached hydrogens (tertiary/aromatic N) is 2. The van der Waals surface area contributed by atoms with Crippen LogP contribution in [-0.4, -0.2) is 40.0 Å². The van der Waals surface area contributed by atoms with Gasteiger partial charge in [-0.05, 0) is 43.0 Å². The van der Waals surface area contributed by atoms with Crippen LogP contribution in [0.15, 0.2) is 29.4 Å². The second-order valence-corrected chi connectivity index (χ2v) is 7.36. The summed E-state index contributed by atoms with van der Waals surface area (Å²) in [6, 6.07) is 7.91. The van der Waals surface area contributed by atoms with Gasteiger partial charge < -0.3 is 10.1 Å². The predicted octanol–water partition coefficient (Wildman–Crippen LogP) is 3.27. The zero-order chi connectivity index (χ0) is 17.6. The molecule has 2 N–H and O–H groups in total. The van der Waals surface area contributed by atoms with E-state index in [1.165, 1.54) is 31.0 Å². The van der Waals surface area contributed by atoms with Crippen LogP contribution in [0.4, 0.5) is 0 Å². The molecule has 1 saturated carbocycles. The minimum atomic E-state index is 0.0551. The van der Waals surface area contributed by atoms with Crippen molar-refractivity contribution in [1.29, 1.82) is 0 Å². The molecule has 1 fully saturated rings. The fourth-order valence-corrected chi connectivity index (χ4v) is 3.71. The highest BCUT2D eigenvalue weighted by atomic mass is 32.2. The van der Waals surface area contributed by atoms with E-state index in [4.69, 9.17) is 4.74 Å². The maximum atomic E-state index is 12.2. The van der Waals surface area contributed by atoms with E-state index in [-0.39, 0.29) is 5.91 Å². The molecule has 134 valence electrons. The number of ether oxygens (including phenoxy) is 1. The van der Waals surface area contributed by atoms with Crippen molar-refractivity contribution in [3.05, 3.63) is 24.3 Å². The van der Waals surface area contributed by atoms with E-state index in [0.717, 1.165) is 17.7 Å². The minimum absolute atomic E-state index is 0.0551. The first-order valence-electron chi connectivity index (χ1n) is 8.64. The lowest BCUT2D eigenvalue weighted by molar-refractivity contribution is -0.119. The number of aromatic nitrogens is 3. The van der Waals surface area contributed by atoms with Crippen LogP contribution in [0.2, 0.25) is 0 Å². The third-order valence-electron chi connectivity index (χ3n) is 4.62. The van der Waals surface area contributed by atoms with E-state index in [2.05, 4.69) is 27.4 Å². The van der Waals surface area contributed by atoms with E-state index in [1.54, 1.807) is 7.11 Å². The van der Waals surface area contributed by atoms with Crippen molar-refractivity contribution in [2.45, 2.75) is 43.8 Å². The Morgan fingerprint density at radius 3 is 2.80 bits per heavy atom. The number of carbonyl (C=O) groups excluding carboxylic acids is 1. The monoisotopic (exact) mass is 360 g/mol. The molecule has 1 aromatic heterocycles. The van der Waals surface area contributed by atoms with Crippen LogP contribution in [0.3, 0.4) is 0 Å². The van der Waals surface area contributed by atoms with Crippen LogP contribution >= 0.6 is 11.8 Å². The molecule has 0 bridgehead atoms. The molecular formula is C18H24N4O2S. The Hall–Kier alpha value is -2.02. The fraction of sp³-hybridized carbons (Fsp3) is 0.500. The quantitative estimate of drug-likeness (QED) is 0.773. The van der Waals surface area contributed by atoms with E-state index in [9.17, 15) is 4.79 Å². The standard InChI is InChI=1S/C18H24N4O2S/c1-12-5-3-4-6-15(12)19-16(23)11-25-18-20-17(21-22-18)13-7-9-14(24-2)10-8-13/h7-10,12,15H,3-6,11H2,1-2H3,(H,19,23)(H,20,21,22)/t12-,15+/m1/s1. The summed E-state index contributed by atoms with van der Waals surface area (Å²) in [5.74, 6) is 2.44. The Bertz CT molecular complexity index is 701. The molecule has 25 heavy (non-hydrogen) atoms. The fourth-order valence-electron chi connectivity index (χ4n) is 3.10. The summed E-state index contributed by atoms with van der Waals surface area (Å²) in [4.78, 5) is 16.6. The summed E-state index contributed by atoms with van der Waals surface area (Å²) in [6.45, 7) is 2.22. The summed E-state index contributed by atoms with van der Waals surface area (Å²) >= 11 is 1.35. The predicted molar refractivity (Wildman–Crippen MR) is 98.7 cm³/mol. The lowest BCUT2D eigenvalue weighted by Gasteiger charge is -2.29. The number of methoxy groups -OCH3 is 1. The normalized spacial score (nSPS) is 20.2. The number of amides is 1. The first-order valence-corrected chi connectivity index (χ1v) is 9.63. The molecule has 2 atom stereocenters. The van der Waals surface area contributed by atoms with E-state index >= 15 is 0 Å². The maximum Gasteiger partial charge on any atom is 0.230 e. The highest BCUT2D eigenvalue weighted by molar-refractivity contribution is 7.99. The summed E-state index contributed by atoms with van der Waals surface area (Å²) in [7, 11) is 1.64. The van der Waals surface area contributed by atoms with Crippen molar-refractivity contribution >= 4 is 17.7 Å². The Morgan fingerprint density at radius 1 is 1.32 bits per heavy atom. The summed E-state index contributed by atoms with van der Waals surface area (Å²) in [5, 5.41) is 10.8.